The summed E-state index contributed by atoms with van der Waals surface area (Å²) in [4.78, 5) is 16.7. The summed E-state index contributed by atoms with van der Waals surface area (Å²) in [7, 11) is -3.78. The molecule has 0 unspecified atom stereocenters. The van der Waals surface area contributed by atoms with E-state index in [9.17, 15) is 26.4 Å². The van der Waals surface area contributed by atoms with Gasteiger partial charge in [-0.1, -0.05) is 30.3 Å². The zero-order chi connectivity index (χ0) is 22.9. The molecule has 2 aromatic heterocycles. The molecule has 0 saturated heterocycles. The molecule has 32 heavy (non-hydrogen) atoms. The number of benzene rings is 2. The van der Waals surface area contributed by atoms with Crippen LogP contribution >= 0.6 is 11.3 Å². The Balaban J connectivity index is 1.56. The van der Waals surface area contributed by atoms with Crippen molar-refractivity contribution in [2.45, 2.75) is 11.1 Å². The second-order valence-electron chi connectivity index (χ2n) is 6.58. The molecule has 2 heterocycles. The van der Waals surface area contributed by atoms with Gasteiger partial charge in [0.05, 0.1) is 21.7 Å². The van der Waals surface area contributed by atoms with Crippen molar-refractivity contribution in [1.29, 1.82) is 0 Å². The van der Waals surface area contributed by atoms with Gasteiger partial charge in [0.25, 0.3) is 15.9 Å². The van der Waals surface area contributed by atoms with Crippen LogP contribution in [-0.4, -0.2) is 23.3 Å². The predicted molar refractivity (Wildman–Crippen MR) is 114 cm³/mol. The lowest BCUT2D eigenvalue weighted by Gasteiger charge is -2.11. The van der Waals surface area contributed by atoms with Crippen molar-refractivity contribution in [3.05, 3.63) is 89.6 Å². The van der Waals surface area contributed by atoms with Gasteiger partial charge in [-0.25, -0.2) is 17.4 Å². The Morgan fingerprint density at radius 3 is 2.41 bits per heavy atom. The van der Waals surface area contributed by atoms with E-state index in [-0.39, 0.29) is 10.0 Å². The van der Waals surface area contributed by atoms with Crippen LogP contribution in [0.3, 0.4) is 0 Å². The van der Waals surface area contributed by atoms with Crippen molar-refractivity contribution in [1.82, 2.24) is 8.96 Å². The van der Waals surface area contributed by atoms with Crippen LogP contribution in [0.5, 0.6) is 0 Å². The minimum atomic E-state index is -4.67. The summed E-state index contributed by atoms with van der Waals surface area (Å²) in [5, 5.41) is 4.02. The van der Waals surface area contributed by atoms with Gasteiger partial charge in [0, 0.05) is 23.3 Å². The number of hydrogen-bond donors (Lipinski definition) is 1. The SMILES string of the molecule is O=C(Nc1nc(-c2ccn(S(=O)(=O)c3ccccc3)c2)cs1)c1ccccc1C(F)(F)F. The van der Waals surface area contributed by atoms with E-state index in [0.717, 1.165) is 27.4 Å². The van der Waals surface area contributed by atoms with Crippen LogP contribution in [0.15, 0.2) is 83.3 Å². The molecule has 0 spiro atoms. The summed E-state index contributed by atoms with van der Waals surface area (Å²) in [5.74, 6) is -0.942. The molecule has 1 N–H and O–H groups in total. The van der Waals surface area contributed by atoms with E-state index < -0.39 is 33.2 Å². The van der Waals surface area contributed by atoms with Gasteiger partial charge in [-0.3, -0.25) is 10.1 Å². The van der Waals surface area contributed by atoms with Crippen LogP contribution in [0.2, 0.25) is 0 Å². The largest absolute Gasteiger partial charge is 0.417 e. The lowest BCUT2D eigenvalue weighted by Crippen LogP contribution is -2.18. The number of amides is 1. The second-order valence-corrected chi connectivity index (χ2v) is 9.28. The third kappa shape index (κ3) is 4.30. The van der Waals surface area contributed by atoms with Gasteiger partial charge in [0.15, 0.2) is 5.13 Å². The Kier molecular flexibility index (Phi) is 5.61. The third-order valence-electron chi connectivity index (χ3n) is 4.48. The van der Waals surface area contributed by atoms with Gasteiger partial charge in [-0.2, -0.15) is 13.2 Å². The molecule has 0 aliphatic rings. The number of hydrogen-bond acceptors (Lipinski definition) is 5. The molecular weight excluding hydrogens is 463 g/mol. The molecule has 0 aliphatic heterocycles. The van der Waals surface area contributed by atoms with Crippen LogP contribution in [0, 0.1) is 0 Å². The lowest BCUT2D eigenvalue weighted by atomic mass is 10.1. The minimum absolute atomic E-state index is 0.0839. The summed E-state index contributed by atoms with van der Waals surface area (Å²) in [6.45, 7) is 0. The normalized spacial score (nSPS) is 12.0. The van der Waals surface area contributed by atoms with E-state index in [0.29, 0.717) is 11.3 Å². The van der Waals surface area contributed by atoms with Crippen LogP contribution in [-0.2, 0) is 16.2 Å². The molecule has 0 fully saturated rings. The highest BCUT2D eigenvalue weighted by Gasteiger charge is 2.35. The van der Waals surface area contributed by atoms with E-state index in [1.165, 1.54) is 36.7 Å². The second kappa shape index (κ2) is 8.24. The van der Waals surface area contributed by atoms with E-state index in [4.69, 9.17) is 0 Å². The molecule has 0 aliphatic carbocycles. The molecule has 11 heteroatoms. The molecule has 1 amide bonds. The molecule has 164 valence electrons. The van der Waals surface area contributed by atoms with Crippen molar-refractivity contribution in [3.63, 3.8) is 0 Å². The number of anilines is 1. The number of rotatable bonds is 5. The van der Waals surface area contributed by atoms with Crippen molar-refractivity contribution in [2.24, 2.45) is 0 Å². The first-order chi connectivity index (χ1) is 15.2. The van der Waals surface area contributed by atoms with Crippen LogP contribution in [0.1, 0.15) is 15.9 Å². The minimum Gasteiger partial charge on any atom is -0.298 e. The molecular formula is C21H14F3N3O3S2. The molecule has 6 nitrogen and oxygen atoms in total. The molecule has 0 radical (unpaired) electrons. The van der Waals surface area contributed by atoms with Crippen molar-refractivity contribution < 1.29 is 26.4 Å². The zero-order valence-electron chi connectivity index (χ0n) is 16.1. The van der Waals surface area contributed by atoms with E-state index >= 15 is 0 Å². The standard InChI is InChI=1S/C21H14F3N3O3S2/c22-21(23,24)17-9-5-4-8-16(17)19(28)26-20-25-18(13-31-20)14-10-11-27(12-14)32(29,30)15-6-2-1-3-7-15/h1-13H,(H,25,26,28). The first-order valence-corrected chi connectivity index (χ1v) is 11.4. The van der Waals surface area contributed by atoms with Crippen molar-refractivity contribution in [3.8, 4) is 11.3 Å². The van der Waals surface area contributed by atoms with Gasteiger partial charge in [0.2, 0.25) is 0 Å². The fourth-order valence-corrected chi connectivity index (χ4v) is 4.88. The number of nitrogens with zero attached hydrogens (tertiary/aromatic N) is 2. The summed E-state index contributed by atoms with van der Waals surface area (Å²) in [5.41, 5.74) is -0.720. The number of alkyl halides is 3. The average Bonchev–Trinajstić information content (AvgIpc) is 3.44. The van der Waals surface area contributed by atoms with E-state index in [1.807, 2.05) is 0 Å². The Bertz CT molecular complexity index is 1380. The number of carbonyl (C=O) groups is 1. The number of thiazole rings is 1. The Morgan fingerprint density at radius 2 is 1.69 bits per heavy atom. The quantitative estimate of drug-likeness (QED) is 0.433. The Labute approximate surface area is 185 Å². The molecule has 2 aromatic carbocycles. The zero-order valence-corrected chi connectivity index (χ0v) is 17.7. The van der Waals surface area contributed by atoms with Crippen molar-refractivity contribution in [2.75, 3.05) is 5.32 Å². The maximum absolute atomic E-state index is 13.1. The molecule has 0 bridgehead atoms. The summed E-state index contributed by atoms with van der Waals surface area (Å²) < 4.78 is 65.9. The van der Waals surface area contributed by atoms with Crippen LogP contribution < -0.4 is 5.32 Å². The highest BCUT2D eigenvalue weighted by molar-refractivity contribution is 7.90. The Hall–Kier alpha value is -3.44. The molecule has 0 atom stereocenters. The number of carbonyl (C=O) groups excluding carboxylic acids is 1. The van der Waals surface area contributed by atoms with Gasteiger partial charge in [-0.05, 0) is 30.3 Å². The summed E-state index contributed by atoms with van der Waals surface area (Å²) in [6.07, 6.45) is -1.92. The fraction of sp³-hybridized carbons (Fsp3) is 0.0476. The van der Waals surface area contributed by atoms with E-state index in [2.05, 4.69) is 10.3 Å². The first kappa shape index (κ1) is 21.8. The third-order valence-corrected chi connectivity index (χ3v) is 6.89. The monoisotopic (exact) mass is 477 g/mol. The maximum atomic E-state index is 13.1. The maximum Gasteiger partial charge on any atom is 0.417 e. The van der Waals surface area contributed by atoms with E-state index in [1.54, 1.807) is 29.6 Å². The van der Waals surface area contributed by atoms with Crippen LogP contribution in [0.25, 0.3) is 11.3 Å². The highest BCUT2D eigenvalue weighted by atomic mass is 32.2. The number of halogens is 3. The molecule has 4 aromatic rings. The smallest absolute Gasteiger partial charge is 0.298 e. The van der Waals surface area contributed by atoms with Gasteiger partial charge < -0.3 is 0 Å². The fourth-order valence-electron chi connectivity index (χ4n) is 2.95. The van der Waals surface area contributed by atoms with Gasteiger partial charge in [0.1, 0.15) is 0 Å². The topological polar surface area (TPSA) is 81.1 Å². The number of nitrogens with one attached hydrogen (secondary N) is 1. The number of aromatic nitrogens is 2. The Morgan fingerprint density at radius 1 is 1.00 bits per heavy atom. The van der Waals surface area contributed by atoms with Gasteiger partial charge >= 0.3 is 6.18 Å². The lowest BCUT2D eigenvalue weighted by molar-refractivity contribution is -0.137. The van der Waals surface area contributed by atoms with Gasteiger partial charge in [-0.15, -0.1) is 11.3 Å². The average molecular weight is 477 g/mol. The predicted octanol–water partition coefficient (Wildman–Crippen LogP) is 5.12. The van der Waals surface area contributed by atoms with Crippen molar-refractivity contribution >= 4 is 32.4 Å². The summed E-state index contributed by atoms with van der Waals surface area (Å²) in [6, 6.07) is 13.9. The molecule has 4 rings (SSSR count). The van der Waals surface area contributed by atoms with Crippen LogP contribution in [0.4, 0.5) is 18.3 Å². The molecule has 0 saturated carbocycles. The first-order valence-electron chi connectivity index (χ1n) is 9.08. The summed E-state index contributed by atoms with van der Waals surface area (Å²) >= 11 is 1.01. The highest BCUT2D eigenvalue weighted by Crippen LogP contribution is 2.33.